The van der Waals surface area contributed by atoms with Crippen molar-refractivity contribution in [3.63, 3.8) is 0 Å². The van der Waals surface area contributed by atoms with Crippen molar-refractivity contribution in [2.75, 3.05) is 21.2 Å². The van der Waals surface area contributed by atoms with Crippen LogP contribution in [0.5, 0.6) is 5.75 Å². The average molecular weight is 430 g/mol. The summed E-state index contributed by atoms with van der Waals surface area (Å²) in [5.74, 6) is -0.694. The molecule has 1 atom stereocenters. The number of fused-ring (bicyclic) bond motifs is 1. The number of hydrogen-bond donors (Lipinski definition) is 0. The first-order valence-electron chi connectivity index (χ1n) is 8.38. The monoisotopic (exact) mass is 429 g/mol. The van der Waals surface area contributed by atoms with Crippen molar-refractivity contribution in [2.45, 2.75) is 12.6 Å². The molecule has 0 spiro atoms. The van der Waals surface area contributed by atoms with Gasteiger partial charge in [-0.2, -0.15) is 0 Å². The van der Waals surface area contributed by atoms with Gasteiger partial charge in [-0.25, -0.2) is 4.79 Å². The summed E-state index contributed by atoms with van der Waals surface area (Å²) in [4.78, 5) is 28.0. The Morgan fingerprint density at radius 3 is 2.37 bits per heavy atom. The molecule has 0 aromatic heterocycles. The van der Waals surface area contributed by atoms with Gasteiger partial charge < -0.3 is 9.47 Å². The highest BCUT2D eigenvalue weighted by Crippen LogP contribution is 2.44. The maximum atomic E-state index is 13.2. The first kappa shape index (κ1) is 19.5. The van der Waals surface area contributed by atoms with Crippen molar-refractivity contribution in [3.05, 3.63) is 75.3 Å². The Kier molecular flexibility index (Phi) is 5.33. The summed E-state index contributed by atoms with van der Waals surface area (Å²) in [5.41, 5.74) is 0.535. The molecule has 1 aliphatic rings. The number of esters is 1. The molecular weight excluding hydrogens is 410 g/mol. The lowest BCUT2D eigenvalue weighted by Crippen LogP contribution is -2.49. The number of likely N-dealkylation sites (N-methyl/N-ethyl adjacent to an activating group) is 1. The first-order chi connectivity index (χ1) is 12.8. The number of ether oxygens (including phenoxy) is 2. The average Bonchev–Trinajstić information content (AvgIpc) is 2.63. The number of ketones is 1. The Labute approximate surface area is 166 Å². The quantitative estimate of drug-likeness (QED) is 0.319. The molecule has 0 aliphatic heterocycles. The molecule has 6 heteroatoms. The zero-order valence-electron chi connectivity index (χ0n) is 15.6. The minimum Gasteiger partial charge on any atom is -0.423 e. The van der Waals surface area contributed by atoms with Gasteiger partial charge in [-0.15, -0.1) is 0 Å². The zero-order valence-corrected chi connectivity index (χ0v) is 17.2. The molecular formula is C21H20BrNO4. The van der Waals surface area contributed by atoms with Gasteiger partial charge in [0.15, 0.2) is 5.72 Å². The predicted molar refractivity (Wildman–Crippen MR) is 106 cm³/mol. The molecule has 3 rings (SSSR count). The maximum Gasteiger partial charge on any atom is 0.347 e. The number of carbonyl (C=O) groups is 2. The van der Waals surface area contributed by atoms with E-state index in [4.69, 9.17) is 9.47 Å². The van der Waals surface area contributed by atoms with Gasteiger partial charge in [0, 0.05) is 22.7 Å². The summed E-state index contributed by atoms with van der Waals surface area (Å²) >= 11 is 3.40. The van der Waals surface area contributed by atoms with E-state index in [1.165, 1.54) is 0 Å². The van der Waals surface area contributed by atoms with Crippen LogP contribution in [0.3, 0.4) is 0 Å². The van der Waals surface area contributed by atoms with Gasteiger partial charge >= 0.3 is 5.97 Å². The minimum absolute atomic E-state index is 0.0139. The van der Waals surface area contributed by atoms with E-state index in [1.807, 2.05) is 37.2 Å². The molecule has 2 aromatic rings. The zero-order chi connectivity index (χ0) is 19.8. The SMILES string of the molecule is COC1(N(C)C)C(C)=C(C(=O)Oc2ccccc2)C(=O)c2cc(Br)ccc21. The molecule has 0 radical (unpaired) electrons. The largest absolute Gasteiger partial charge is 0.423 e. The van der Waals surface area contributed by atoms with E-state index in [9.17, 15) is 9.59 Å². The fraction of sp³-hybridized carbons (Fsp3) is 0.238. The molecule has 0 saturated heterocycles. The summed E-state index contributed by atoms with van der Waals surface area (Å²) in [6.45, 7) is 1.73. The second kappa shape index (κ2) is 7.38. The Bertz CT molecular complexity index is 936. The molecule has 0 N–H and O–H groups in total. The van der Waals surface area contributed by atoms with Crippen LogP contribution < -0.4 is 4.74 Å². The summed E-state index contributed by atoms with van der Waals surface area (Å²) in [5, 5.41) is 0. The van der Waals surface area contributed by atoms with Gasteiger partial charge in [0.25, 0.3) is 0 Å². The highest BCUT2D eigenvalue weighted by molar-refractivity contribution is 9.10. The van der Waals surface area contributed by atoms with E-state index in [0.29, 0.717) is 22.4 Å². The third kappa shape index (κ3) is 3.14. The number of benzene rings is 2. The van der Waals surface area contributed by atoms with Crippen molar-refractivity contribution in [1.29, 1.82) is 0 Å². The highest BCUT2D eigenvalue weighted by atomic mass is 79.9. The van der Waals surface area contributed by atoms with E-state index in [2.05, 4.69) is 15.9 Å². The summed E-state index contributed by atoms with van der Waals surface area (Å²) in [6.07, 6.45) is 0. The molecule has 1 unspecified atom stereocenters. The van der Waals surface area contributed by atoms with Crippen molar-refractivity contribution >= 4 is 27.7 Å². The van der Waals surface area contributed by atoms with Gasteiger partial charge in [-0.05, 0) is 50.9 Å². The van der Waals surface area contributed by atoms with Crippen molar-refractivity contribution in [3.8, 4) is 5.75 Å². The third-order valence-corrected chi connectivity index (χ3v) is 5.28. The van der Waals surface area contributed by atoms with Gasteiger partial charge in [0.05, 0.1) is 0 Å². The fourth-order valence-electron chi connectivity index (χ4n) is 3.59. The van der Waals surface area contributed by atoms with Crippen molar-refractivity contribution in [1.82, 2.24) is 4.90 Å². The number of nitrogens with zero attached hydrogens (tertiary/aromatic N) is 1. The maximum absolute atomic E-state index is 13.2. The van der Waals surface area contributed by atoms with Crippen LogP contribution in [0.1, 0.15) is 22.8 Å². The minimum atomic E-state index is -1.05. The van der Waals surface area contributed by atoms with Crippen LogP contribution >= 0.6 is 15.9 Å². The Hall–Kier alpha value is -2.28. The summed E-state index contributed by atoms with van der Waals surface area (Å²) < 4.78 is 12.1. The number of halogens is 1. The molecule has 1 aliphatic carbocycles. The fourth-order valence-corrected chi connectivity index (χ4v) is 3.95. The molecule has 140 valence electrons. The molecule has 2 aromatic carbocycles. The number of methoxy groups -OCH3 is 1. The molecule has 0 saturated carbocycles. The molecule has 0 heterocycles. The van der Waals surface area contributed by atoms with Gasteiger partial charge in [-0.1, -0.05) is 40.2 Å². The Morgan fingerprint density at radius 1 is 1.11 bits per heavy atom. The van der Waals surface area contributed by atoms with E-state index in [1.54, 1.807) is 44.4 Å². The van der Waals surface area contributed by atoms with E-state index < -0.39 is 11.7 Å². The number of para-hydroxylation sites is 1. The molecule has 0 fully saturated rings. The third-order valence-electron chi connectivity index (χ3n) is 4.78. The van der Waals surface area contributed by atoms with E-state index in [0.717, 1.165) is 4.47 Å². The molecule has 0 amide bonds. The lowest BCUT2D eigenvalue weighted by atomic mass is 9.78. The first-order valence-corrected chi connectivity index (χ1v) is 9.18. The van der Waals surface area contributed by atoms with Gasteiger partial charge in [0.2, 0.25) is 5.78 Å². The van der Waals surface area contributed by atoms with Crippen LogP contribution in [0.4, 0.5) is 0 Å². The van der Waals surface area contributed by atoms with Crippen LogP contribution in [-0.4, -0.2) is 37.9 Å². The number of hydrogen-bond acceptors (Lipinski definition) is 5. The molecule has 27 heavy (non-hydrogen) atoms. The lowest BCUT2D eigenvalue weighted by Gasteiger charge is -2.43. The van der Waals surface area contributed by atoms with E-state index >= 15 is 0 Å². The van der Waals surface area contributed by atoms with Crippen LogP contribution in [0.2, 0.25) is 0 Å². The predicted octanol–water partition coefficient (Wildman–Crippen LogP) is 3.93. The van der Waals surface area contributed by atoms with Gasteiger partial charge in [0.1, 0.15) is 11.3 Å². The Balaban J connectivity index is 2.19. The lowest BCUT2D eigenvalue weighted by molar-refractivity contribution is -0.131. The second-order valence-electron chi connectivity index (χ2n) is 6.46. The van der Waals surface area contributed by atoms with Crippen molar-refractivity contribution < 1.29 is 19.1 Å². The van der Waals surface area contributed by atoms with Crippen LogP contribution in [0.25, 0.3) is 0 Å². The van der Waals surface area contributed by atoms with Crippen molar-refractivity contribution in [2.24, 2.45) is 0 Å². The number of carbonyl (C=O) groups excluding carboxylic acids is 2. The highest BCUT2D eigenvalue weighted by Gasteiger charge is 2.48. The molecule has 0 bridgehead atoms. The van der Waals surface area contributed by atoms with Crippen LogP contribution in [-0.2, 0) is 15.3 Å². The van der Waals surface area contributed by atoms with Crippen LogP contribution in [0, 0.1) is 0 Å². The van der Waals surface area contributed by atoms with Crippen LogP contribution in [0.15, 0.2) is 64.1 Å². The Morgan fingerprint density at radius 2 is 1.78 bits per heavy atom. The van der Waals surface area contributed by atoms with E-state index in [-0.39, 0.29) is 11.4 Å². The van der Waals surface area contributed by atoms with Gasteiger partial charge in [-0.3, -0.25) is 9.69 Å². The smallest absolute Gasteiger partial charge is 0.347 e. The standard InChI is InChI=1S/C21H20BrNO4/c1-13-18(20(25)27-15-8-6-5-7-9-15)19(24)16-12-14(22)10-11-17(16)21(13,26-4)23(2)3/h5-12H,1-4H3. The number of Topliss-reactive ketones (excluding diaryl/α,β-unsaturated/α-hetero) is 1. The number of rotatable bonds is 4. The molecule has 5 nitrogen and oxygen atoms in total. The summed E-state index contributed by atoms with van der Waals surface area (Å²) in [7, 11) is 5.24. The topological polar surface area (TPSA) is 55.8 Å². The second-order valence-corrected chi connectivity index (χ2v) is 7.38. The summed E-state index contributed by atoms with van der Waals surface area (Å²) in [6, 6.07) is 14.1. The normalized spacial score (nSPS) is 19.3.